The lowest BCUT2D eigenvalue weighted by Crippen LogP contribution is -2.09. The van der Waals surface area contributed by atoms with E-state index in [9.17, 15) is 0 Å². The third kappa shape index (κ3) is 1.76. The predicted molar refractivity (Wildman–Crippen MR) is 85.2 cm³/mol. The van der Waals surface area contributed by atoms with Crippen LogP contribution in [-0.4, -0.2) is 26.2 Å². The summed E-state index contributed by atoms with van der Waals surface area (Å²) in [5, 5.41) is 11.6. The first-order valence-corrected chi connectivity index (χ1v) is 7.58. The smallest absolute Gasteiger partial charge is 0.222 e. The van der Waals surface area contributed by atoms with Gasteiger partial charge in [0.1, 0.15) is 5.82 Å². The molecule has 0 saturated heterocycles. The van der Waals surface area contributed by atoms with Gasteiger partial charge in [-0.1, -0.05) is 6.07 Å². The Morgan fingerprint density at radius 3 is 2.86 bits per heavy atom. The molecule has 2 aliphatic rings. The molecule has 0 radical (unpaired) electrons. The molecular weight excluding hydrogens is 276 g/mol. The lowest BCUT2D eigenvalue weighted by molar-refractivity contribution is 0.850. The standard InChI is InChI=1S/C16H16N6/c17-15-19-12-7-9(11-3-6-18-22-11)1-2-10(12)14(21-15)20-13-8-16(13)4-5-16/h1-3,6-7,13H,4-5,8H2,(H,18,22)(H3,17,19,20,21)/t13-/m1/s1. The van der Waals surface area contributed by atoms with Crippen molar-refractivity contribution in [3.63, 3.8) is 0 Å². The Balaban J connectivity index is 1.58. The molecule has 2 saturated carbocycles. The van der Waals surface area contributed by atoms with Crippen molar-refractivity contribution < 1.29 is 0 Å². The molecule has 2 aliphatic carbocycles. The maximum absolute atomic E-state index is 5.89. The molecule has 0 bridgehead atoms. The van der Waals surface area contributed by atoms with E-state index in [-0.39, 0.29) is 0 Å². The first-order chi connectivity index (χ1) is 10.7. The van der Waals surface area contributed by atoms with Gasteiger partial charge in [-0.3, -0.25) is 5.10 Å². The van der Waals surface area contributed by atoms with E-state index >= 15 is 0 Å². The van der Waals surface area contributed by atoms with Crippen LogP contribution in [0.5, 0.6) is 0 Å². The van der Waals surface area contributed by atoms with E-state index < -0.39 is 0 Å². The number of nitrogens with zero attached hydrogens (tertiary/aromatic N) is 3. The van der Waals surface area contributed by atoms with Gasteiger partial charge >= 0.3 is 0 Å². The van der Waals surface area contributed by atoms with Gasteiger partial charge in [-0.05, 0) is 42.9 Å². The van der Waals surface area contributed by atoms with Gasteiger partial charge in [-0.2, -0.15) is 10.1 Å². The fourth-order valence-corrected chi connectivity index (χ4v) is 3.27. The van der Waals surface area contributed by atoms with Crippen molar-refractivity contribution in [1.82, 2.24) is 20.2 Å². The van der Waals surface area contributed by atoms with Gasteiger partial charge in [-0.15, -0.1) is 0 Å². The molecule has 2 aromatic heterocycles. The molecule has 5 rings (SSSR count). The average molecular weight is 292 g/mol. The highest BCUT2D eigenvalue weighted by Crippen LogP contribution is 2.66. The summed E-state index contributed by atoms with van der Waals surface area (Å²) in [6.45, 7) is 0. The van der Waals surface area contributed by atoms with Crippen LogP contribution in [0.25, 0.3) is 22.2 Å². The lowest BCUT2D eigenvalue weighted by Gasteiger charge is -2.10. The minimum atomic E-state index is 0.305. The quantitative estimate of drug-likeness (QED) is 0.690. The van der Waals surface area contributed by atoms with Crippen molar-refractivity contribution in [2.24, 2.45) is 5.41 Å². The van der Waals surface area contributed by atoms with Gasteiger partial charge in [0.15, 0.2) is 0 Å². The van der Waals surface area contributed by atoms with Crippen LogP contribution >= 0.6 is 0 Å². The number of nitrogens with two attached hydrogens (primary N) is 1. The summed E-state index contributed by atoms with van der Waals surface area (Å²) >= 11 is 0. The predicted octanol–water partition coefficient (Wildman–Crippen LogP) is 2.57. The second-order valence-corrected chi connectivity index (χ2v) is 6.39. The third-order valence-corrected chi connectivity index (χ3v) is 4.90. The number of benzene rings is 1. The number of anilines is 2. The van der Waals surface area contributed by atoms with Crippen molar-refractivity contribution in [3.8, 4) is 11.3 Å². The molecule has 1 spiro atoms. The minimum Gasteiger partial charge on any atom is -0.368 e. The summed E-state index contributed by atoms with van der Waals surface area (Å²) in [6.07, 6.45) is 5.74. The average Bonchev–Trinajstić information content (AvgIpc) is 3.35. The largest absolute Gasteiger partial charge is 0.368 e. The van der Waals surface area contributed by atoms with Crippen LogP contribution in [0.15, 0.2) is 30.5 Å². The molecule has 0 aliphatic heterocycles. The van der Waals surface area contributed by atoms with Gasteiger partial charge in [0.2, 0.25) is 5.95 Å². The summed E-state index contributed by atoms with van der Waals surface area (Å²) in [5.74, 6) is 1.16. The van der Waals surface area contributed by atoms with Crippen molar-refractivity contribution in [2.45, 2.75) is 25.3 Å². The fourth-order valence-electron chi connectivity index (χ4n) is 3.27. The fraction of sp³-hybridized carbons (Fsp3) is 0.312. The van der Waals surface area contributed by atoms with Crippen molar-refractivity contribution >= 4 is 22.7 Å². The van der Waals surface area contributed by atoms with E-state index in [1.807, 2.05) is 30.5 Å². The van der Waals surface area contributed by atoms with Crippen LogP contribution in [0.3, 0.4) is 0 Å². The number of nitrogens with one attached hydrogen (secondary N) is 2. The van der Waals surface area contributed by atoms with Gasteiger partial charge in [0.25, 0.3) is 0 Å². The van der Waals surface area contributed by atoms with Crippen LogP contribution in [0.4, 0.5) is 11.8 Å². The summed E-state index contributed by atoms with van der Waals surface area (Å²) in [4.78, 5) is 8.78. The second kappa shape index (κ2) is 3.97. The SMILES string of the molecule is Nc1nc(N[C@@H]2CC23CC3)c2ccc(-c3cc[nH]n3)cc2n1. The zero-order valence-corrected chi connectivity index (χ0v) is 12.0. The Bertz CT molecular complexity index is 866. The minimum absolute atomic E-state index is 0.305. The normalized spacial score (nSPS) is 21.2. The molecule has 6 heteroatoms. The Morgan fingerprint density at radius 2 is 2.14 bits per heavy atom. The molecule has 3 aromatic rings. The summed E-state index contributed by atoms with van der Waals surface area (Å²) in [5.41, 5.74) is 9.22. The number of hydrogen-bond donors (Lipinski definition) is 3. The Hall–Kier alpha value is -2.63. The number of H-pyrrole nitrogens is 1. The molecule has 2 fully saturated rings. The molecule has 6 nitrogen and oxygen atoms in total. The maximum atomic E-state index is 5.89. The molecule has 1 aromatic carbocycles. The Labute approximate surface area is 127 Å². The highest BCUT2D eigenvalue weighted by Gasteiger charge is 2.63. The summed E-state index contributed by atoms with van der Waals surface area (Å²) < 4.78 is 0. The Kier molecular flexibility index (Phi) is 2.16. The molecule has 1 atom stereocenters. The van der Waals surface area contributed by atoms with Crippen molar-refractivity contribution in [2.75, 3.05) is 11.1 Å². The number of aromatic nitrogens is 4. The van der Waals surface area contributed by atoms with Gasteiger partial charge in [0.05, 0.1) is 11.2 Å². The molecule has 110 valence electrons. The first kappa shape index (κ1) is 12.0. The van der Waals surface area contributed by atoms with E-state index in [1.165, 1.54) is 19.3 Å². The molecule has 2 heterocycles. The topological polar surface area (TPSA) is 92.5 Å². The molecule has 4 N–H and O–H groups in total. The van der Waals surface area contributed by atoms with Gasteiger partial charge in [-0.25, -0.2) is 4.98 Å². The van der Waals surface area contributed by atoms with Gasteiger partial charge < -0.3 is 11.1 Å². The third-order valence-electron chi connectivity index (χ3n) is 4.90. The maximum Gasteiger partial charge on any atom is 0.222 e. The monoisotopic (exact) mass is 292 g/mol. The number of aromatic amines is 1. The van der Waals surface area contributed by atoms with Crippen LogP contribution in [0.1, 0.15) is 19.3 Å². The van der Waals surface area contributed by atoms with E-state index in [4.69, 9.17) is 5.73 Å². The van der Waals surface area contributed by atoms with Crippen LogP contribution < -0.4 is 11.1 Å². The zero-order chi connectivity index (χ0) is 14.7. The second-order valence-electron chi connectivity index (χ2n) is 6.39. The number of rotatable bonds is 3. The van der Waals surface area contributed by atoms with E-state index in [0.29, 0.717) is 17.4 Å². The van der Waals surface area contributed by atoms with Crippen LogP contribution in [0, 0.1) is 5.41 Å². The highest BCUT2D eigenvalue weighted by molar-refractivity contribution is 5.92. The number of nitrogen functional groups attached to an aromatic ring is 1. The summed E-state index contributed by atoms with van der Waals surface area (Å²) in [6, 6.07) is 8.59. The van der Waals surface area contributed by atoms with Crippen LogP contribution in [0.2, 0.25) is 0 Å². The van der Waals surface area contributed by atoms with Crippen molar-refractivity contribution in [3.05, 3.63) is 30.5 Å². The van der Waals surface area contributed by atoms with E-state index in [0.717, 1.165) is 28.0 Å². The van der Waals surface area contributed by atoms with E-state index in [1.54, 1.807) is 0 Å². The zero-order valence-electron chi connectivity index (χ0n) is 12.0. The highest BCUT2D eigenvalue weighted by atomic mass is 15.1. The Morgan fingerprint density at radius 1 is 1.23 bits per heavy atom. The number of fused-ring (bicyclic) bond motifs is 1. The lowest BCUT2D eigenvalue weighted by atomic mass is 10.1. The van der Waals surface area contributed by atoms with E-state index in [2.05, 4.69) is 25.5 Å². The van der Waals surface area contributed by atoms with Crippen molar-refractivity contribution in [1.29, 1.82) is 0 Å². The molecule has 0 unspecified atom stereocenters. The molecule has 0 amide bonds. The molecule has 22 heavy (non-hydrogen) atoms. The number of hydrogen-bond acceptors (Lipinski definition) is 5. The molecular formula is C16H16N6. The van der Waals surface area contributed by atoms with Crippen LogP contribution in [-0.2, 0) is 0 Å². The summed E-state index contributed by atoms with van der Waals surface area (Å²) in [7, 11) is 0. The van der Waals surface area contributed by atoms with Gasteiger partial charge in [0, 0.05) is 23.2 Å². The first-order valence-electron chi connectivity index (χ1n) is 7.58.